The summed E-state index contributed by atoms with van der Waals surface area (Å²) in [4.78, 5) is 19.4. The molecule has 2 aliphatic rings. The van der Waals surface area contributed by atoms with Crippen molar-refractivity contribution in [1.82, 2.24) is 19.7 Å². The van der Waals surface area contributed by atoms with Gasteiger partial charge in [-0.3, -0.25) is 4.79 Å². The van der Waals surface area contributed by atoms with E-state index in [1.807, 2.05) is 30.3 Å². The molecule has 0 bridgehead atoms. The summed E-state index contributed by atoms with van der Waals surface area (Å²) >= 11 is 0. The number of anilines is 2. The molecule has 1 N–H and O–H groups in total. The Balaban J connectivity index is 1.18. The maximum atomic E-state index is 12.8. The van der Waals surface area contributed by atoms with E-state index in [1.54, 1.807) is 12.3 Å². The number of carbonyl (C=O) groups is 1. The molecule has 8 nitrogen and oxygen atoms in total. The van der Waals surface area contributed by atoms with E-state index >= 15 is 0 Å². The number of aryl methyl sites for hydroxylation is 1. The minimum absolute atomic E-state index is 0.0217. The number of hydrogen-bond donors (Lipinski definition) is 1. The third-order valence-electron chi connectivity index (χ3n) is 6.59. The van der Waals surface area contributed by atoms with Crippen molar-refractivity contribution in [3.8, 4) is 17.5 Å². The monoisotopic (exact) mass is 441 g/mol. The number of aromatic nitrogens is 4. The lowest BCUT2D eigenvalue weighted by Gasteiger charge is -2.32. The first-order valence-electron chi connectivity index (χ1n) is 11.7. The SMILES string of the molecule is N#Cc1ccc(N2CCC(C(=O)Nc3ccc(-c4nnc5n4CCCCC5)cc3)CC2)nc1. The number of carbonyl (C=O) groups excluding carboxylic acids is 1. The van der Waals surface area contributed by atoms with Crippen LogP contribution in [0.4, 0.5) is 11.5 Å². The van der Waals surface area contributed by atoms with E-state index in [-0.39, 0.29) is 11.8 Å². The molecule has 1 amide bonds. The van der Waals surface area contributed by atoms with Crippen molar-refractivity contribution in [3.05, 3.63) is 54.0 Å². The van der Waals surface area contributed by atoms with Crippen LogP contribution in [0.25, 0.3) is 11.4 Å². The Bertz CT molecular complexity index is 1150. The van der Waals surface area contributed by atoms with Gasteiger partial charge in [0.05, 0.1) is 5.56 Å². The Labute approximate surface area is 193 Å². The summed E-state index contributed by atoms with van der Waals surface area (Å²) < 4.78 is 2.23. The van der Waals surface area contributed by atoms with Crippen LogP contribution in [-0.4, -0.2) is 38.7 Å². The van der Waals surface area contributed by atoms with Crippen molar-refractivity contribution in [3.63, 3.8) is 0 Å². The quantitative estimate of drug-likeness (QED) is 0.661. The smallest absolute Gasteiger partial charge is 0.227 e. The normalized spacial score (nSPS) is 16.5. The molecule has 33 heavy (non-hydrogen) atoms. The van der Waals surface area contributed by atoms with Gasteiger partial charge in [-0.05, 0) is 62.1 Å². The number of amides is 1. The van der Waals surface area contributed by atoms with Crippen molar-refractivity contribution in [2.75, 3.05) is 23.3 Å². The largest absolute Gasteiger partial charge is 0.357 e. The fourth-order valence-corrected chi connectivity index (χ4v) is 4.66. The lowest BCUT2D eigenvalue weighted by molar-refractivity contribution is -0.120. The fourth-order valence-electron chi connectivity index (χ4n) is 4.66. The van der Waals surface area contributed by atoms with Crippen LogP contribution >= 0.6 is 0 Å². The molecule has 0 saturated carbocycles. The molecule has 8 heteroatoms. The standard InChI is InChI=1S/C25H27N7O/c26-16-18-5-10-22(27-17-18)31-14-11-20(12-15-31)25(33)28-21-8-6-19(7-9-21)24-30-29-23-4-2-1-3-13-32(23)24/h5-10,17,20H,1-4,11-15H2,(H,28,33). The average molecular weight is 442 g/mol. The van der Waals surface area contributed by atoms with Crippen LogP contribution in [0.5, 0.6) is 0 Å². The second kappa shape index (κ2) is 9.41. The Morgan fingerprint density at radius 3 is 2.55 bits per heavy atom. The minimum atomic E-state index is -0.0217. The summed E-state index contributed by atoms with van der Waals surface area (Å²) in [6, 6.07) is 13.7. The van der Waals surface area contributed by atoms with Crippen LogP contribution in [-0.2, 0) is 17.8 Å². The zero-order valence-electron chi connectivity index (χ0n) is 18.6. The Hall–Kier alpha value is -3.73. The maximum Gasteiger partial charge on any atom is 0.227 e. The summed E-state index contributed by atoms with van der Waals surface area (Å²) in [6.45, 7) is 2.51. The number of nitrogens with one attached hydrogen (secondary N) is 1. The summed E-state index contributed by atoms with van der Waals surface area (Å²) in [7, 11) is 0. The molecular weight excluding hydrogens is 414 g/mol. The molecule has 168 valence electrons. The van der Waals surface area contributed by atoms with Crippen LogP contribution in [0.3, 0.4) is 0 Å². The Morgan fingerprint density at radius 1 is 1.00 bits per heavy atom. The van der Waals surface area contributed by atoms with Gasteiger partial charge in [0.1, 0.15) is 17.7 Å². The fraction of sp³-hybridized carbons (Fsp3) is 0.400. The van der Waals surface area contributed by atoms with Crippen molar-refractivity contribution in [1.29, 1.82) is 5.26 Å². The predicted molar refractivity (Wildman–Crippen MR) is 126 cm³/mol. The molecule has 5 rings (SSSR count). The Morgan fingerprint density at radius 2 is 1.82 bits per heavy atom. The van der Waals surface area contributed by atoms with Crippen LogP contribution in [0, 0.1) is 17.2 Å². The number of nitriles is 1. The average Bonchev–Trinajstić information content (AvgIpc) is 3.12. The van der Waals surface area contributed by atoms with Gasteiger partial charge in [0, 0.05) is 49.4 Å². The molecule has 0 atom stereocenters. The minimum Gasteiger partial charge on any atom is -0.357 e. The predicted octanol–water partition coefficient (Wildman–Crippen LogP) is 3.79. The van der Waals surface area contributed by atoms with E-state index in [0.29, 0.717) is 5.56 Å². The number of nitrogens with zero attached hydrogens (tertiary/aromatic N) is 6. The topological polar surface area (TPSA) is 99.7 Å². The first kappa shape index (κ1) is 21.1. The van der Waals surface area contributed by atoms with E-state index in [9.17, 15) is 4.79 Å². The third-order valence-corrected chi connectivity index (χ3v) is 6.59. The summed E-state index contributed by atoms with van der Waals surface area (Å²) in [6.07, 6.45) is 7.69. The molecule has 2 aliphatic heterocycles. The van der Waals surface area contributed by atoms with Crippen molar-refractivity contribution < 1.29 is 4.79 Å². The summed E-state index contributed by atoms with van der Waals surface area (Å²) in [5, 5.41) is 20.8. The Kier molecular flexibility index (Phi) is 6.03. The number of piperidine rings is 1. The van der Waals surface area contributed by atoms with Crippen molar-refractivity contribution in [2.45, 2.75) is 45.1 Å². The van der Waals surface area contributed by atoms with Crippen LogP contribution in [0.15, 0.2) is 42.6 Å². The molecule has 1 aromatic carbocycles. The van der Waals surface area contributed by atoms with E-state index in [4.69, 9.17) is 5.26 Å². The van der Waals surface area contributed by atoms with Gasteiger partial charge in [-0.1, -0.05) is 6.42 Å². The molecule has 1 saturated heterocycles. The van der Waals surface area contributed by atoms with Crippen LogP contribution < -0.4 is 10.2 Å². The molecule has 4 heterocycles. The molecule has 2 aromatic heterocycles. The summed E-state index contributed by atoms with van der Waals surface area (Å²) in [5.74, 6) is 2.88. The van der Waals surface area contributed by atoms with Gasteiger partial charge in [0.15, 0.2) is 5.82 Å². The van der Waals surface area contributed by atoms with Crippen molar-refractivity contribution >= 4 is 17.4 Å². The van der Waals surface area contributed by atoms with Gasteiger partial charge >= 0.3 is 0 Å². The van der Waals surface area contributed by atoms with Gasteiger partial charge in [0.25, 0.3) is 0 Å². The van der Waals surface area contributed by atoms with E-state index in [2.05, 4.69) is 36.0 Å². The van der Waals surface area contributed by atoms with E-state index in [0.717, 1.165) is 74.0 Å². The number of hydrogen-bond acceptors (Lipinski definition) is 6. The first-order valence-corrected chi connectivity index (χ1v) is 11.7. The molecule has 0 spiro atoms. The highest BCUT2D eigenvalue weighted by molar-refractivity contribution is 5.92. The molecule has 1 fully saturated rings. The van der Waals surface area contributed by atoms with Crippen LogP contribution in [0.1, 0.15) is 43.5 Å². The highest BCUT2D eigenvalue weighted by Gasteiger charge is 2.26. The molecule has 3 aromatic rings. The summed E-state index contributed by atoms with van der Waals surface area (Å²) in [5.41, 5.74) is 2.38. The molecular formula is C25H27N7O. The molecule has 0 unspecified atom stereocenters. The molecule has 0 radical (unpaired) electrons. The highest BCUT2D eigenvalue weighted by atomic mass is 16.1. The van der Waals surface area contributed by atoms with Gasteiger partial charge in [-0.25, -0.2) is 4.98 Å². The molecule has 0 aliphatic carbocycles. The van der Waals surface area contributed by atoms with Gasteiger partial charge in [-0.2, -0.15) is 5.26 Å². The number of pyridine rings is 1. The zero-order valence-corrected chi connectivity index (χ0v) is 18.6. The van der Waals surface area contributed by atoms with Crippen LogP contribution in [0.2, 0.25) is 0 Å². The van der Waals surface area contributed by atoms with Gasteiger partial charge < -0.3 is 14.8 Å². The first-order chi connectivity index (χ1) is 16.2. The van der Waals surface area contributed by atoms with E-state index < -0.39 is 0 Å². The zero-order chi connectivity index (χ0) is 22.6. The second-order valence-corrected chi connectivity index (χ2v) is 8.75. The van der Waals surface area contributed by atoms with E-state index in [1.165, 1.54) is 12.8 Å². The number of benzene rings is 1. The number of rotatable bonds is 4. The highest BCUT2D eigenvalue weighted by Crippen LogP contribution is 2.26. The third kappa shape index (κ3) is 4.58. The van der Waals surface area contributed by atoms with Gasteiger partial charge in [0.2, 0.25) is 5.91 Å². The lowest BCUT2D eigenvalue weighted by Crippen LogP contribution is -2.38. The lowest BCUT2D eigenvalue weighted by atomic mass is 9.95. The number of fused-ring (bicyclic) bond motifs is 1. The van der Waals surface area contributed by atoms with Gasteiger partial charge in [-0.15, -0.1) is 10.2 Å². The maximum absolute atomic E-state index is 12.8. The second-order valence-electron chi connectivity index (χ2n) is 8.75. The van der Waals surface area contributed by atoms with Crippen molar-refractivity contribution in [2.24, 2.45) is 5.92 Å².